The third-order valence-electron chi connectivity index (χ3n) is 7.67. The molecule has 1 amide bonds. The molecule has 184 valence electrons. The van der Waals surface area contributed by atoms with Gasteiger partial charge >= 0.3 is 0 Å². The van der Waals surface area contributed by atoms with Crippen LogP contribution < -0.4 is 15.5 Å². The largest absolute Gasteiger partial charge is 0.382 e. The molecule has 2 aromatic carbocycles. The Morgan fingerprint density at radius 1 is 1.15 bits per heavy atom. The second-order valence-electron chi connectivity index (χ2n) is 10.3. The summed E-state index contributed by atoms with van der Waals surface area (Å²) in [4.78, 5) is 17.7. The van der Waals surface area contributed by atoms with E-state index in [0.29, 0.717) is 12.1 Å². The van der Waals surface area contributed by atoms with Gasteiger partial charge < -0.3 is 15.5 Å². The van der Waals surface area contributed by atoms with Crippen molar-refractivity contribution in [1.82, 2.24) is 10.2 Å². The first kappa shape index (κ1) is 24.7. The summed E-state index contributed by atoms with van der Waals surface area (Å²) in [7, 11) is 1.94. The number of rotatable bonds is 7. The Balaban J connectivity index is 1.30. The quantitative estimate of drug-likeness (QED) is 0.609. The summed E-state index contributed by atoms with van der Waals surface area (Å²) in [5, 5.41) is 7.20. The Labute approximate surface area is 205 Å². The third kappa shape index (κ3) is 6.19. The summed E-state index contributed by atoms with van der Waals surface area (Å²) in [5.74, 6) is 0.377. The van der Waals surface area contributed by atoms with Crippen molar-refractivity contribution in [3.63, 3.8) is 0 Å². The van der Waals surface area contributed by atoms with E-state index >= 15 is 0 Å². The average molecular weight is 463 g/mol. The topological polar surface area (TPSA) is 47.6 Å². The van der Waals surface area contributed by atoms with Crippen LogP contribution in [0.4, 0.5) is 11.4 Å². The zero-order valence-corrected chi connectivity index (χ0v) is 21.4. The highest BCUT2D eigenvalue weighted by molar-refractivity contribution is 5.94. The van der Waals surface area contributed by atoms with Gasteiger partial charge in [-0.15, -0.1) is 0 Å². The average Bonchev–Trinajstić information content (AvgIpc) is 2.85. The zero-order valence-electron chi connectivity index (χ0n) is 21.4. The van der Waals surface area contributed by atoms with Gasteiger partial charge in [0.25, 0.3) is 0 Å². The standard InChI is InChI=1S/C29H42N4O/c1-5-23-7-6-8-27(18-23)31-26-12-9-24(10-13-26)29(34)32(4)28-14-11-25(21(2)17-28)20-33-16-15-30-22(3)19-33/h6-8,11,14,17-18,22,24,26,30-31H,5,9-10,12-13,15-16,19-20H2,1-4H3/t22-,24?,26?/m0/s1. The SMILES string of the molecule is CCc1cccc(NC2CCC(C(=O)N(C)c3ccc(CN4CCN[C@@H](C)C4)c(C)c3)CC2)c1. The minimum atomic E-state index is 0.118. The molecule has 1 saturated carbocycles. The molecule has 0 bridgehead atoms. The maximum absolute atomic E-state index is 13.3. The van der Waals surface area contributed by atoms with Gasteiger partial charge in [0.1, 0.15) is 0 Å². The first-order valence-corrected chi connectivity index (χ1v) is 13.1. The smallest absolute Gasteiger partial charge is 0.229 e. The van der Waals surface area contributed by atoms with E-state index in [9.17, 15) is 4.79 Å². The number of hydrogen-bond acceptors (Lipinski definition) is 4. The number of nitrogens with one attached hydrogen (secondary N) is 2. The van der Waals surface area contributed by atoms with E-state index in [2.05, 4.69) is 78.8 Å². The number of benzene rings is 2. The van der Waals surface area contributed by atoms with Gasteiger partial charge in [-0.3, -0.25) is 9.69 Å². The van der Waals surface area contributed by atoms with Crippen LogP contribution in [0.1, 0.15) is 56.2 Å². The van der Waals surface area contributed by atoms with Crippen LogP contribution >= 0.6 is 0 Å². The van der Waals surface area contributed by atoms with Gasteiger partial charge in [0.2, 0.25) is 5.91 Å². The molecule has 5 heteroatoms. The maximum Gasteiger partial charge on any atom is 0.229 e. The van der Waals surface area contributed by atoms with Crippen molar-refractivity contribution in [2.75, 3.05) is 36.9 Å². The van der Waals surface area contributed by atoms with E-state index in [1.807, 2.05) is 11.9 Å². The number of amides is 1. The number of anilines is 2. The number of aryl methyl sites for hydroxylation is 2. The number of hydrogen-bond donors (Lipinski definition) is 2. The van der Waals surface area contributed by atoms with Crippen LogP contribution in [0.25, 0.3) is 0 Å². The molecule has 0 spiro atoms. The first-order valence-electron chi connectivity index (χ1n) is 13.1. The van der Waals surface area contributed by atoms with Crippen LogP contribution in [0.15, 0.2) is 42.5 Å². The van der Waals surface area contributed by atoms with Crippen LogP contribution in [-0.2, 0) is 17.8 Å². The molecule has 5 nitrogen and oxygen atoms in total. The highest BCUT2D eigenvalue weighted by Crippen LogP contribution is 2.30. The van der Waals surface area contributed by atoms with E-state index in [4.69, 9.17) is 0 Å². The fourth-order valence-corrected chi connectivity index (χ4v) is 5.47. The molecular weight excluding hydrogens is 420 g/mol. The van der Waals surface area contributed by atoms with E-state index in [-0.39, 0.29) is 11.8 Å². The van der Waals surface area contributed by atoms with Gasteiger partial charge in [0, 0.05) is 62.6 Å². The molecule has 2 aliphatic rings. The molecular formula is C29H42N4O. The lowest BCUT2D eigenvalue weighted by atomic mass is 9.85. The molecule has 0 radical (unpaired) electrons. The normalized spacial score (nSPS) is 23.5. The van der Waals surface area contributed by atoms with Crippen molar-refractivity contribution in [2.24, 2.45) is 5.92 Å². The number of nitrogens with zero attached hydrogens (tertiary/aromatic N) is 2. The number of carbonyl (C=O) groups excluding carboxylic acids is 1. The number of piperazine rings is 1. The van der Waals surface area contributed by atoms with Crippen LogP contribution in [0, 0.1) is 12.8 Å². The molecule has 1 aliphatic heterocycles. The molecule has 0 aromatic heterocycles. The van der Waals surface area contributed by atoms with Gasteiger partial charge in [0.05, 0.1) is 0 Å². The molecule has 2 aromatic rings. The Morgan fingerprint density at radius 2 is 1.94 bits per heavy atom. The fourth-order valence-electron chi connectivity index (χ4n) is 5.47. The van der Waals surface area contributed by atoms with Crippen LogP contribution in [0.5, 0.6) is 0 Å². The second kappa shape index (κ2) is 11.4. The maximum atomic E-state index is 13.3. The predicted octanol–water partition coefficient (Wildman–Crippen LogP) is 4.98. The summed E-state index contributed by atoms with van der Waals surface area (Å²) in [6.07, 6.45) is 5.04. The third-order valence-corrected chi connectivity index (χ3v) is 7.67. The Bertz CT molecular complexity index is 966. The highest BCUT2D eigenvalue weighted by atomic mass is 16.2. The lowest BCUT2D eigenvalue weighted by Gasteiger charge is -2.33. The Morgan fingerprint density at radius 3 is 2.65 bits per heavy atom. The molecule has 1 aliphatic carbocycles. The minimum absolute atomic E-state index is 0.118. The molecule has 4 rings (SSSR count). The van der Waals surface area contributed by atoms with Crippen molar-refractivity contribution in [3.8, 4) is 0 Å². The predicted molar refractivity (Wildman–Crippen MR) is 143 cm³/mol. The van der Waals surface area contributed by atoms with Gasteiger partial charge in [-0.1, -0.05) is 25.1 Å². The van der Waals surface area contributed by atoms with E-state index in [1.165, 1.54) is 22.4 Å². The van der Waals surface area contributed by atoms with E-state index in [1.54, 1.807) is 0 Å². The molecule has 0 unspecified atom stereocenters. The van der Waals surface area contributed by atoms with Crippen molar-refractivity contribution in [1.29, 1.82) is 0 Å². The van der Waals surface area contributed by atoms with E-state index < -0.39 is 0 Å². The number of carbonyl (C=O) groups is 1. The van der Waals surface area contributed by atoms with Crippen LogP contribution in [0.3, 0.4) is 0 Å². The highest BCUT2D eigenvalue weighted by Gasteiger charge is 2.29. The summed E-state index contributed by atoms with van der Waals surface area (Å²) >= 11 is 0. The lowest BCUT2D eigenvalue weighted by molar-refractivity contribution is -0.123. The summed E-state index contributed by atoms with van der Waals surface area (Å²) in [6.45, 7) is 10.8. The zero-order chi connectivity index (χ0) is 24.1. The van der Waals surface area contributed by atoms with Crippen molar-refractivity contribution in [2.45, 2.75) is 71.5 Å². The van der Waals surface area contributed by atoms with Gasteiger partial charge in [-0.05, 0) is 86.9 Å². The molecule has 1 atom stereocenters. The monoisotopic (exact) mass is 462 g/mol. The van der Waals surface area contributed by atoms with Gasteiger partial charge in [0.15, 0.2) is 0 Å². The molecule has 1 saturated heterocycles. The van der Waals surface area contributed by atoms with Crippen LogP contribution in [0.2, 0.25) is 0 Å². The molecule has 34 heavy (non-hydrogen) atoms. The van der Waals surface area contributed by atoms with Crippen LogP contribution in [-0.4, -0.2) is 49.6 Å². The minimum Gasteiger partial charge on any atom is -0.382 e. The van der Waals surface area contributed by atoms with Crippen molar-refractivity contribution < 1.29 is 4.79 Å². The van der Waals surface area contributed by atoms with E-state index in [0.717, 1.165) is 64.0 Å². The molecule has 1 heterocycles. The van der Waals surface area contributed by atoms with Gasteiger partial charge in [-0.2, -0.15) is 0 Å². The lowest BCUT2D eigenvalue weighted by Crippen LogP contribution is -2.48. The fraction of sp³-hybridized carbons (Fsp3) is 0.552. The molecule has 2 N–H and O–H groups in total. The summed E-state index contributed by atoms with van der Waals surface area (Å²) in [5.41, 5.74) is 6.20. The van der Waals surface area contributed by atoms with Gasteiger partial charge in [-0.25, -0.2) is 0 Å². The van der Waals surface area contributed by atoms with Crippen molar-refractivity contribution >= 4 is 17.3 Å². The first-order chi connectivity index (χ1) is 16.4. The Hall–Kier alpha value is -2.37. The van der Waals surface area contributed by atoms with Crippen molar-refractivity contribution in [3.05, 3.63) is 59.2 Å². The summed E-state index contributed by atoms with van der Waals surface area (Å²) in [6, 6.07) is 16.2. The summed E-state index contributed by atoms with van der Waals surface area (Å²) < 4.78 is 0. The Kier molecular flexibility index (Phi) is 8.28. The second-order valence-corrected chi connectivity index (χ2v) is 10.3. The molecule has 2 fully saturated rings.